The van der Waals surface area contributed by atoms with E-state index in [1.807, 2.05) is 66.4 Å². The number of benzene rings is 3. The third kappa shape index (κ3) is 4.79. The summed E-state index contributed by atoms with van der Waals surface area (Å²) in [5.41, 5.74) is 5.70. The van der Waals surface area contributed by atoms with Gasteiger partial charge in [0.15, 0.2) is 0 Å². The van der Waals surface area contributed by atoms with Gasteiger partial charge in [-0.1, -0.05) is 80.6 Å². The maximum Gasteiger partial charge on any atom is 0.255 e. The van der Waals surface area contributed by atoms with Crippen LogP contribution in [0.25, 0.3) is 11.1 Å². The normalized spacial score (nSPS) is 12.0. The predicted molar refractivity (Wildman–Crippen MR) is 111 cm³/mol. The van der Waals surface area contributed by atoms with E-state index in [1.165, 1.54) is 4.90 Å². The van der Waals surface area contributed by atoms with Gasteiger partial charge in [0.05, 0.1) is 5.92 Å². The topological polar surface area (TPSA) is 49.3 Å². The standard InChI is InChI=1S/C23H23NO2S/c1-16(2)27-21-14-12-18(13-15-21)17-8-10-20(11-9-17)22(23(25)24-26)19-6-4-3-5-7-19/h3-16,22,26H,1-2H3,(H,24,25). The summed E-state index contributed by atoms with van der Waals surface area (Å²) in [7, 11) is 0. The zero-order valence-electron chi connectivity index (χ0n) is 15.4. The highest BCUT2D eigenvalue weighted by molar-refractivity contribution is 7.99. The van der Waals surface area contributed by atoms with Crippen LogP contribution in [0.1, 0.15) is 30.9 Å². The lowest BCUT2D eigenvalue weighted by Gasteiger charge is -2.16. The van der Waals surface area contributed by atoms with Gasteiger partial charge in [0.25, 0.3) is 5.91 Å². The van der Waals surface area contributed by atoms with Crippen molar-refractivity contribution in [2.24, 2.45) is 0 Å². The molecule has 0 aliphatic carbocycles. The maximum absolute atomic E-state index is 12.2. The van der Waals surface area contributed by atoms with Crippen molar-refractivity contribution in [3.8, 4) is 11.1 Å². The van der Waals surface area contributed by atoms with E-state index in [9.17, 15) is 4.79 Å². The number of hydrogen-bond donors (Lipinski definition) is 2. The number of rotatable bonds is 6. The van der Waals surface area contributed by atoms with Gasteiger partial charge in [-0.3, -0.25) is 10.0 Å². The van der Waals surface area contributed by atoms with Crippen LogP contribution in [-0.2, 0) is 4.79 Å². The molecule has 138 valence electrons. The van der Waals surface area contributed by atoms with Crippen molar-refractivity contribution in [2.75, 3.05) is 0 Å². The van der Waals surface area contributed by atoms with Crippen LogP contribution in [-0.4, -0.2) is 16.4 Å². The van der Waals surface area contributed by atoms with Gasteiger partial charge in [0, 0.05) is 10.1 Å². The molecule has 3 aromatic carbocycles. The maximum atomic E-state index is 12.2. The van der Waals surface area contributed by atoms with Crippen LogP contribution < -0.4 is 5.48 Å². The Morgan fingerprint density at radius 3 is 1.85 bits per heavy atom. The molecule has 1 atom stereocenters. The molecular weight excluding hydrogens is 354 g/mol. The molecule has 0 aromatic heterocycles. The molecule has 3 nitrogen and oxygen atoms in total. The lowest BCUT2D eigenvalue weighted by Crippen LogP contribution is -2.27. The molecule has 4 heteroatoms. The summed E-state index contributed by atoms with van der Waals surface area (Å²) in [6.45, 7) is 4.37. The first kappa shape index (κ1) is 19.2. The molecule has 0 saturated carbocycles. The average molecular weight is 378 g/mol. The summed E-state index contributed by atoms with van der Waals surface area (Å²) >= 11 is 1.84. The highest BCUT2D eigenvalue weighted by atomic mass is 32.2. The van der Waals surface area contributed by atoms with Gasteiger partial charge in [-0.15, -0.1) is 11.8 Å². The van der Waals surface area contributed by atoms with Gasteiger partial charge in [-0.2, -0.15) is 0 Å². The van der Waals surface area contributed by atoms with Gasteiger partial charge in [-0.25, -0.2) is 5.48 Å². The van der Waals surface area contributed by atoms with Crippen molar-refractivity contribution in [1.82, 2.24) is 5.48 Å². The highest BCUT2D eigenvalue weighted by Gasteiger charge is 2.22. The molecule has 0 heterocycles. The van der Waals surface area contributed by atoms with Crippen LogP contribution in [0.15, 0.2) is 83.8 Å². The van der Waals surface area contributed by atoms with Gasteiger partial charge in [-0.05, 0) is 34.4 Å². The van der Waals surface area contributed by atoms with E-state index in [-0.39, 0.29) is 0 Å². The van der Waals surface area contributed by atoms with E-state index < -0.39 is 11.8 Å². The van der Waals surface area contributed by atoms with Crippen molar-refractivity contribution in [2.45, 2.75) is 29.9 Å². The number of carbonyl (C=O) groups is 1. The third-order valence-electron chi connectivity index (χ3n) is 4.31. The second-order valence-corrected chi connectivity index (χ2v) is 8.28. The molecule has 1 amide bonds. The van der Waals surface area contributed by atoms with E-state index in [0.717, 1.165) is 22.3 Å². The molecule has 2 N–H and O–H groups in total. The van der Waals surface area contributed by atoms with Gasteiger partial charge in [0.2, 0.25) is 0 Å². The Hall–Kier alpha value is -2.56. The van der Waals surface area contributed by atoms with Crippen molar-refractivity contribution < 1.29 is 10.0 Å². The fourth-order valence-electron chi connectivity index (χ4n) is 3.07. The number of hydrogen-bond acceptors (Lipinski definition) is 3. The van der Waals surface area contributed by atoms with Crippen molar-refractivity contribution in [1.29, 1.82) is 0 Å². The van der Waals surface area contributed by atoms with Crippen LogP contribution in [0.5, 0.6) is 0 Å². The third-order valence-corrected chi connectivity index (χ3v) is 5.32. The van der Waals surface area contributed by atoms with Gasteiger partial charge >= 0.3 is 0 Å². The monoisotopic (exact) mass is 377 g/mol. The molecule has 27 heavy (non-hydrogen) atoms. The Labute approximate surface area is 164 Å². The number of amides is 1. The molecule has 0 aliphatic rings. The Kier molecular flexibility index (Phi) is 6.32. The molecular formula is C23H23NO2S. The number of nitrogens with one attached hydrogen (secondary N) is 1. The van der Waals surface area contributed by atoms with Crippen molar-refractivity contribution in [3.05, 3.63) is 90.0 Å². The zero-order chi connectivity index (χ0) is 19.2. The molecule has 0 radical (unpaired) electrons. The summed E-state index contributed by atoms with van der Waals surface area (Å²) in [5.74, 6) is -0.987. The zero-order valence-corrected chi connectivity index (χ0v) is 16.2. The van der Waals surface area contributed by atoms with Gasteiger partial charge in [0.1, 0.15) is 0 Å². The molecule has 0 spiro atoms. The van der Waals surface area contributed by atoms with Crippen molar-refractivity contribution in [3.63, 3.8) is 0 Å². The molecule has 0 saturated heterocycles. The Morgan fingerprint density at radius 2 is 1.33 bits per heavy atom. The number of carbonyl (C=O) groups excluding carboxylic acids is 1. The molecule has 0 aliphatic heterocycles. The summed E-state index contributed by atoms with van der Waals surface area (Å²) in [6, 6.07) is 25.9. The van der Waals surface area contributed by atoms with E-state index in [2.05, 4.69) is 38.1 Å². The first-order valence-electron chi connectivity index (χ1n) is 8.94. The predicted octanol–water partition coefficient (Wildman–Crippen LogP) is 5.49. The average Bonchev–Trinajstić information content (AvgIpc) is 2.69. The summed E-state index contributed by atoms with van der Waals surface area (Å²) in [4.78, 5) is 13.5. The minimum atomic E-state index is -0.546. The van der Waals surface area contributed by atoms with Gasteiger partial charge < -0.3 is 0 Å². The summed E-state index contributed by atoms with van der Waals surface area (Å²) < 4.78 is 0. The van der Waals surface area contributed by atoms with E-state index in [4.69, 9.17) is 5.21 Å². The Morgan fingerprint density at radius 1 is 0.815 bits per heavy atom. The van der Waals surface area contributed by atoms with Crippen LogP contribution in [0.3, 0.4) is 0 Å². The second-order valence-electron chi connectivity index (χ2n) is 6.63. The molecule has 0 fully saturated rings. The van der Waals surface area contributed by atoms with Crippen LogP contribution in [0.4, 0.5) is 0 Å². The minimum absolute atomic E-state index is 0.441. The number of thioether (sulfide) groups is 1. The highest BCUT2D eigenvalue weighted by Crippen LogP contribution is 2.29. The Balaban J connectivity index is 1.86. The van der Waals surface area contributed by atoms with Crippen LogP contribution in [0, 0.1) is 0 Å². The van der Waals surface area contributed by atoms with Crippen LogP contribution in [0.2, 0.25) is 0 Å². The number of hydroxylamine groups is 1. The largest absolute Gasteiger partial charge is 0.289 e. The summed E-state index contributed by atoms with van der Waals surface area (Å²) in [6.07, 6.45) is 0. The van der Waals surface area contributed by atoms with E-state index in [0.29, 0.717) is 5.25 Å². The van der Waals surface area contributed by atoms with E-state index in [1.54, 1.807) is 5.48 Å². The SMILES string of the molecule is CC(C)Sc1ccc(-c2ccc(C(C(=O)NO)c3ccccc3)cc2)cc1. The summed E-state index contributed by atoms with van der Waals surface area (Å²) in [5, 5.41) is 9.71. The lowest BCUT2D eigenvalue weighted by atomic mass is 9.89. The fourth-order valence-corrected chi connectivity index (χ4v) is 3.91. The fraction of sp³-hybridized carbons (Fsp3) is 0.174. The first-order chi connectivity index (χ1) is 13.1. The molecule has 3 rings (SSSR count). The smallest absolute Gasteiger partial charge is 0.255 e. The van der Waals surface area contributed by atoms with Crippen LogP contribution >= 0.6 is 11.8 Å². The van der Waals surface area contributed by atoms with E-state index >= 15 is 0 Å². The minimum Gasteiger partial charge on any atom is -0.289 e. The Bertz CT molecular complexity index is 875. The van der Waals surface area contributed by atoms with Crippen molar-refractivity contribution >= 4 is 17.7 Å². The molecule has 0 bridgehead atoms. The molecule has 1 unspecified atom stereocenters. The first-order valence-corrected chi connectivity index (χ1v) is 9.82. The molecule has 3 aromatic rings. The quantitative estimate of drug-likeness (QED) is 0.339. The lowest BCUT2D eigenvalue weighted by molar-refractivity contribution is -0.129. The second kappa shape index (κ2) is 8.89.